The SMILES string of the molecule is CSC(=N)N1CC[N+](C)(C)CC1.[I-]. The third kappa shape index (κ3) is 4.03. The van der Waals surface area contributed by atoms with Crippen molar-refractivity contribution in [1.82, 2.24) is 4.90 Å². The summed E-state index contributed by atoms with van der Waals surface area (Å²) in [5.74, 6) is 0. The third-order valence-electron chi connectivity index (χ3n) is 2.43. The normalized spacial score (nSPS) is 20.7. The van der Waals surface area contributed by atoms with Gasteiger partial charge in [0.15, 0.2) is 5.17 Å². The molecule has 78 valence electrons. The van der Waals surface area contributed by atoms with Crippen LogP contribution in [0.2, 0.25) is 0 Å². The van der Waals surface area contributed by atoms with Gasteiger partial charge in [0.2, 0.25) is 0 Å². The number of hydrogen-bond donors (Lipinski definition) is 1. The molecule has 0 radical (unpaired) electrons. The molecule has 1 saturated heterocycles. The Balaban J connectivity index is 0.00000144. The fourth-order valence-corrected chi connectivity index (χ4v) is 1.78. The lowest BCUT2D eigenvalue weighted by Crippen LogP contribution is -3.00. The molecule has 13 heavy (non-hydrogen) atoms. The van der Waals surface area contributed by atoms with Crippen molar-refractivity contribution in [2.75, 3.05) is 46.5 Å². The first kappa shape index (κ1) is 13.5. The number of nitrogens with one attached hydrogen (secondary N) is 1. The van der Waals surface area contributed by atoms with Gasteiger partial charge in [-0.05, 0) is 6.26 Å². The van der Waals surface area contributed by atoms with Crippen molar-refractivity contribution in [3.8, 4) is 0 Å². The van der Waals surface area contributed by atoms with E-state index in [-0.39, 0.29) is 24.0 Å². The highest BCUT2D eigenvalue weighted by Gasteiger charge is 2.24. The van der Waals surface area contributed by atoms with E-state index in [4.69, 9.17) is 5.41 Å². The Hall–Kier alpha value is 0.510. The Kier molecular flexibility index (Phi) is 5.62. The zero-order chi connectivity index (χ0) is 9.19. The third-order valence-corrected chi connectivity index (χ3v) is 3.08. The van der Waals surface area contributed by atoms with Crippen molar-refractivity contribution in [2.45, 2.75) is 0 Å². The lowest BCUT2D eigenvalue weighted by atomic mass is 10.3. The van der Waals surface area contributed by atoms with Crippen LogP contribution in [0, 0.1) is 5.41 Å². The molecule has 0 bridgehead atoms. The van der Waals surface area contributed by atoms with Crippen LogP contribution in [0.1, 0.15) is 0 Å². The molecule has 0 aromatic heterocycles. The molecule has 0 unspecified atom stereocenters. The minimum absolute atomic E-state index is 0. The van der Waals surface area contributed by atoms with Crippen LogP contribution in [-0.2, 0) is 0 Å². The summed E-state index contributed by atoms with van der Waals surface area (Å²) in [6.07, 6.45) is 1.97. The molecule has 0 spiro atoms. The maximum absolute atomic E-state index is 7.64. The predicted molar refractivity (Wildman–Crippen MR) is 54.7 cm³/mol. The van der Waals surface area contributed by atoms with Crippen LogP contribution >= 0.6 is 11.8 Å². The minimum atomic E-state index is 0. The van der Waals surface area contributed by atoms with Gasteiger partial charge in [0.25, 0.3) is 0 Å². The molecule has 5 heteroatoms. The van der Waals surface area contributed by atoms with Gasteiger partial charge in [-0.1, -0.05) is 11.8 Å². The van der Waals surface area contributed by atoms with Crippen LogP contribution in [0.5, 0.6) is 0 Å². The maximum Gasteiger partial charge on any atom is 0.156 e. The largest absolute Gasteiger partial charge is 1.00 e. The average Bonchev–Trinajstić information content (AvgIpc) is 2.03. The van der Waals surface area contributed by atoms with Gasteiger partial charge < -0.3 is 33.4 Å². The Labute approximate surface area is 102 Å². The summed E-state index contributed by atoms with van der Waals surface area (Å²) in [6.45, 7) is 4.38. The summed E-state index contributed by atoms with van der Waals surface area (Å²) >= 11 is 1.53. The van der Waals surface area contributed by atoms with Crippen molar-refractivity contribution in [2.24, 2.45) is 0 Å². The molecule has 1 N–H and O–H groups in total. The standard InChI is InChI=1S/C8H18N3S.HI/c1-11(2)6-4-10(5-7-11)8(9)12-3;/h9H,4-7H2,1-3H3;1H/q+1;/p-1. The van der Waals surface area contributed by atoms with Crippen molar-refractivity contribution in [3.63, 3.8) is 0 Å². The van der Waals surface area contributed by atoms with E-state index in [2.05, 4.69) is 19.0 Å². The smallest absolute Gasteiger partial charge is 0.156 e. The molecule has 0 amide bonds. The lowest BCUT2D eigenvalue weighted by molar-refractivity contribution is -0.894. The van der Waals surface area contributed by atoms with E-state index >= 15 is 0 Å². The zero-order valence-electron chi connectivity index (χ0n) is 8.51. The molecule has 0 aliphatic carbocycles. The van der Waals surface area contributed by atoms with E-state index < -0.39 is 0 Å². The summed E-state index contributed by atoms with van der Waals surface area (Å²) in [7, 11) is 4.50. The predicted octanol–water partition coefficient (Wildman–Crippen LogP) is -2.32. The van der Waals surface area contributed by atoms with E-state index in [0.717, 1.165) is 35.8 Å². The second-order valence-electron chi connectivity index (χ2n) is 3.88. The highest BCUT2D eigenvalue weighted by atomic mass is 127. The quantitative estimate of drug-likeness (QED) is 0.235. The zero-order valence-corrected chi connectivity index (χ0v) is 11.5. The second kappa shape index (κ2) is 5.41. The fraction of sp³-hybridized carbons (Fsp3) is 0.875. The second-order valence-corrected chi connectivity index (χ2v) is 4.67. The first-order chi connectivity index (χ1) is 5.55. The Morgan fingerprint density at radius 2 is 1.77 bits per heavy atom. The molecule has 1 aliphatic heterocycles. The Morgan fingerprint density at radius 3 is 2.15 bits per heavy atom. The van der Waals surface area contributed by atoms with Gasteiger partial charge >= 0.3 is 0 Å². The number of likely N-dealkylation sites (N-methyl/N-ethyl adjacent to an activating group) is 1. The summed E-state index contributed by atoms with van der Waals surface area (Å²) in [5, 5.41) is 8.36. The van der Waals surface area contributed by atoms with Gasteiger partial charge in [-0.25, -0.2) is 0 Å². The molecule has 0 aromatic carbocycles. The molecular weight excluding hydrogens is 297 g/mol. The molecule has 0 aromatic rings. The summed E-state index contributed by atoms with van der Waals surface area (Å²) in [5.41, 5.74) is 0. The van der Waals surface area contributed by atoms with Crippen LogP contribution in [-0.4, -0.2) is 61.1 Å². The first-order valence-corrected chi connectivity index (χ1v) is 5.47. The molecule has 1 rings (SSSR count). The molecule has 1 fully saturated rings. The number of amidine groups is 1. The lowest BCUT2D eigenvalue weighted by Gasteiger charge is -2.39. The Bertz CT molecular complexity index is 174. The van der Waals surface area contributed by atoms with Gasteiger partial charge in [0.1, 0.15) is 0 Å². The van der Waals surface area contributed by atoms with Crippen molar-refractivity contribution in [1.29, 1.82) is 5.41 Å². The van der Waals surface area contributed by atoms with Crippen molar-refractivity contribution in [3.05, 3.63) is 0 Å². The number of halogens is 1. The number of thioether (sulfide) groups is 1. The molecule has 3 nitrogen and oxygen atoms in total. The van der Waals surface area contributed by atoms with Gasteiger partial charge in [0, 0.05) is 0 Å². The number of nitrogens with zero attached hydrogens (tertiary/aromatic N) is 2. The van der Waals surface area contributed by atoms with E-state index in [1.165, 1.54) is 11.8 Å². The Morgan fingerprint density at radius 1 is 1.31 bits per heavy atom. The molecular formula is C8H18IN3S. The molecule has 0 atom stereocenters. The monoisotopic (exact) mass is 315 g/mol. The summed E-state index contributed by atoms with van der Waals surface area (Å²) in [4.78, 5) is 2.16. The molecule has 1 heterocycles. The van der Waals surface area contributed by atoms with Crippen LogP contribution in [0.25, 0.3) is 0 Å². The topological polar surface area (TPSA) is 27.1 Å². The van der Waals surface area contributed by atoms with E-state index in [0.29, 0.717) is 0 Å². The summed E-state index contributed by atoms with van der Waals surface area (Å²) in [6, 6.07) is 0. The number of quaternary nitrogens is 1. The average molecular weight is 315 g/mol. The van der Waals surface area contributed by atoms with E-state index in [1.54, 1.807) is 0 Å². The van der Waals surface area contributed by atoms with E-state index in [1.807, 2.05) is 6.26 Å². The van der Waals surface area contributed by atoms with Crippen molar-refractivity contribution < 1.29 is 28.5 Å². The van der Waals surface area contributed by atoms with Gasteiger partial charge in [-0.3, -0.25) is 5.41 Å². The fourth-order valence-electron chi connectivity index (χ4n) is 1.34. The van der Waals surface area contributed by atoms with Gasteiger partial charge in [-0.15, -0.1) is 0 Å². The molecule has 1 aliphatic rings. The van der Waals surface area contributed by atoms with Gasteiger partial charge in [0.05, 0.1) is 40.3 Å². The van der Waals surface area contributed by atoms with Crippen LogP contribution in [0.15, 0.2) is 0 Å². The highest BCUT2D eigenvalue weighted by molar-refractivity contribution is 8.13. The van der Waals surface area contributed by atoms with Crippen LogP contribution in [0.3, 0.4) is 0 Å². The van der Waals surface area contributed by atoms with E-state index in [9.17, 15) is 0 Å². The maximum atomic E-state index is 7.64. The van der Waals surface area contributed by atoms with Crippen molar-refractivity contribution >= 4 is 16.9 Å². The molecule has 0 saturated carbocycles. The van der Waals surface area contributed by atoms with Crippen LogP contribution in [0.4, 0.5) is 0 Å². The van der Waals surface area contributed by atoms with Gasteiger partial charge in [-0.2, -0.15) is 0 Å². The number of rotatable bonds is 0. The first-order valence-electron chi connectivity index (χ1n) is 4.25. The minimum Gasteiger partial charge on any atom is -1.00 e. The number of hydrogen-bond acceptors (Lipinski definition) is 2. The number of piperazine rings is 1. The highest BCUT2D eigenvalue weighted by Crippen LogP contribution is 2.10. The summed E-state index contributed by atoms with van der Waals surface area (Å²) < 4.78 is 1.10. The van der Waals surface area contributed by atoms with Crippen LogP contribution < -0.4 is 24.0 Å².